The molecule has 1 aliphatic heterocycles. The minimum atomic E-state index is -0.850. The van der Waals surface area contributed by atoms with E-state index in [1.807, 2.05) is 42.5 Å². The molecule has 1 heterocycles. The number of nitrogens with one attached hydrogen (secondary N) is 2. The third kappa shape index (κ3) is 5.78. The topological polar surface area (TPSA) is 118 Å². The van der Waals surface area contributed by atoms with E-state index in [1.54, 1.807) is 31.0 Å². The van der Waals surface area contributed by atoms with Crippen LogP contribution < -0.4 is 10.6 Å². The van der Waals surface area contributed by atoms with Gasteiger partial charge in [-0.25, -0.2) is 0 Å². The summed E-state index contributed by atoms with van der Waals surface area (Å²) in [4.78, 5) is 39.9. The molecule has 1 fully saturated rings. The van der Waals surface area contributed by atoms with E-state index in [4.69, 9.17) is 4.74 Å². The highest BCUT2D eigenvalue weighted by Gasteiger charge is 2.49. The molecule has 0 saturated carbocycles. The number of carbonyl (C=O) groups excluding carboxylic acids is 3. The Morgan fingerprint density at radius 3 is 2.49 bits per heavy atom. The third-order valence-electron chi connectivity index (χ3n) is 6.06. The zero-order valence-corrected chi connectivity index (χ0v) is 19.7. The summed E-state index contributed by atoms with van der Waals surface area (Å²) in [5, 5.41) is 17.4. The van der Waals surface area contributed by atoms with Gasteiger partial charge in [0.1, 0.15) is 23.9 Å². The molecule has 0 radical (unpaired) electrons. The largest absolute Gasteiger partial charge is 0.508 e. The lowest BCUT2D eigenvalue weighted by atomic mass is 10.0. The zero-order chi connectivity index (χ0) is 24.9. The number of hydrogen-bond acceptors (Lipinski definition) is 6. The Morgan fingerprint density at radius 1 is 1.03 bits per heavy atom. The molecule has 3 aromatic rings. The first-order valence-electron chi connectivity index (χ1n) is 11.6. The van der Waals surface area contributed by atoms with Gasteiger partial charge in [0.2, 0.25) is 11.8 Å². The summed E-state index contributed by atoms with van der Waals surface area (Å²) < 4.78 is 4.96. The number of fused-ring (bicyclic) bond motifs is 1. The molecule has 0 spiro atoms. The van der Waals surface area contributed by atoms with Crippen molar-refractivity contribution in [2.45, 2.75) is 38.0 Å². The second-order valence-corrected chi connectivity index (χ2v) is 8.64. The number of amides is 2. The number of rotatable bonds is 9. The number of benzene rings is 3. The molecule has 8 heteroatoms. The predicted molar refractivity (Wildman–Crippen MR) is 132 cm³/mol. The van der Waals surface area contributed by atoms with Gasteiger partial charge in [-0.3, -0.25) is 19.7 Å². The van der Waals surface area contributed by atoms with Crippen molar-refractivity contribution in [2.24, 2.45) is 0 Å². The van der Waals surface area contributed by atoms with Crippen LogP contribution in [0, 0.1) is 0 Å². The molecule has 3 N–H and O–H groups in total. The summed E-state index contributed by atoms with van der Waals surface area (Å²) in [6.07, 6.45) is 0.238. The third-order valence-corrected chi connectivity index (χ3v) is 6.06. The highest BCUT2D eigenvalue weighted by molar-refractivity contribution is 5.97. The van der Waals surface area contributed by atoms with Gasteiger partial charge in [-0.2, -0.15) is 0 Å². The highest BCUT2D eigenvalue weighted by atomic mass is 16.5. The Balaban J connectivity index is 1.50. The van der Waals surface area contributed by atoms with E-state index in [1.165, 1.54) is 12.1 Å². The van der Waals surface area contributed by atoms with Gasteiger partial charge in [-0.1, -0.05) is 54.6 Å². The van der Waals surface area contributed by atoms with E-state index in [2.05, 4.69) is 10.6 Å². The monoisotopic (exact) mass is 475 g/mol. The number of phenolic OH excluding ortho intramolecular Hbond substituents is 1. The van der Waals surface area contributed by atoms with Crippen molar-refractivity contribution in [3.63, 3.8) is 0 Å². The number of carbonyl (C=O) groups is 3. The van der Waals surface area contributed by atoms with Crippen molar-refractivity contribution in [3.8, 4) is 5.75 Å². The fourth-order valence-corrected chi connectivity index (χ4v) is 4.16. The summed E-state index contributed by atoms with van der Waals surface area (Å²) in [6.45, 7) is 2.30. The first kappa shape index (κ1) is 24.2. The fourth-order valence-electron chi connectivity index (χ4n) is 4.16. The lowest BCUT2D eigenvalue weighted by Crippen LogP contribution is -2.50. The van der Waals surface area contributed by atoms with E-state index < -0.39 is 30.0 Å². The Morgan fingerprint density at radius 2 is 1.74 bits per heavy atom. The van der Waals surface area contributed by atoms with E-state index in [0.717, 1.165) is 21.9 Å². The number of ether oxygens (including phenoxy) is 1. The smallest absolute Gasteiger partial charge is 0.325 e. The maximum absolute atomic E-state index is 13.5. The van der Waals surface area contributed by atoms with Crippen LogP contribution in [0.15, 0.2) is 66.7 Å². The molecule has 2 amide bonds. The SMILES string of the molecule is CCOC(=O)[C@H]1N[C@@H]1C(=O)N[C@@H](Cc1ccc(O)cc1)C(=O)N(C)Cc1cccc2ccccc12. The van der Waals surface area contributed by atoms with Crippen LogP contribution in [0.2, 0.25) is 0 Å². The van der Waals surface area contributed by atoms with Crippen LogP contribution in [0.5, 0.6) is 5.75 Å². The molecule has 0 unspecified atom stereocenters. The van der Waals surface area contributed by atoms with Crippen molar-refractivity contribution in [1.29, 1.82) is 0 Å². The van der Waals surface area contributed by atoms with E-state index >= 15 is 0 Å². The van der Waals surface area contributed by atoms with Gasteiger partial charge in [0.05, 0.1) is 6.61 Å². The van der Waals surface area contributed by atoms with Crippen LogP contribution in [0.1, 0.15) is 18.1 Å². The maximum atomic E-state index is 13.5. The summed E-state index contributed by atoms with van der Waals surface area (Å²) in [5.41, 5.74) is 1.78. The molecule has 3 atom stereocenters. The van der Waals surface area contributed by atoms with Crippen molar-refractivity contribution in [3.05, 3.63) is 77.9 Å². The van der Waals surface area contributed by atoms with Crippen LogP contribution in [-0.4, -0.2) is 59.6 Å². The van der Waals surface area contributed by atoms with Crippen LogP contribution in [0.4, 0.5) is 0 Å². The molecule has 8 nitrogen and oxygen atoms in total. The first-order chi connectivity index (χ1) is 16.9. The van der Waals surface area contributed by atoms with Gasteiger partial charge in [-0.05, 0) is 41.0 Å². The average molecular weight is 476 g/mol. The Labute approximate surface area is 203 Å². The fraction of sp³-hybridized carbons (Fsp3) is 0.296. The summed E-state index contributed by atoms with van der Waals surface area (Å²) >= 11 is 0. The molecular weight excluding hydrogens is 446 g/mol. The minimum absolute atomic E-state index is 0.119. The standard InChI is InChI=1S/C27H29N3O5/c1-3-35-27(34)24-23(29-24)25(32)28-22(15-17-11-13-20(31)14-12-17)26(33)30(2)16-19-9-6-8-18-7-4-5-10-21(18)19/h4-14,22-24,29,31H,3,15-16H2,1-2H3,(H,28,32)/t22-,23-,24-/m0/s1. The number of likely N-dealkylation sites (N-methyl/N-ethyl adjacent to an activating group) is 1. The van der Waals surface area contributed by atoms with Crippen LogP contribution in [0.3, 0.4) is 0 Å². The molecule has 1 saturated heterocycles. The lowest BCUT2D eigenvalue weighted by Gasteiger charge is -2.25. The molecule has 0 bridgehead atoms. The summed E-state index contributed by atoms with van der Waals surface area (Å²) in [5.74, 6) is -1.05. The molecule has 3 aromatic carbocycles. The molecular formula is C27H29N3O5. The van der Waals surface area contributed by atoms with Crippen LogP contribution >= 0.6 is 0 Å². The predicted octanol–water partition coefficient (Wildman–Crippen LogP) is 2.13. The highest BCUT2D eigenvalue weighted by Crippen LogP contribution is 2.21. The number of phenols is 1. The molecule has 4 rings (SSSR count). The van der Waals surface area contributed by atoms with Crippen molar-refractivity contribution in [1.82, 2.24) is 15.5 Å². The minimum Gasteiger partial charge on any atom is -0.508 e. The van der Waals surface area contributed by atoms with Gasteiger partial charge in [-0.15, -0.1) is 0 Å². The van der Waals surface area contributed by atoms with Gasteiger partial charge < -0.3 is 20.1 Å². The second-order valence-electron chi connectivity index (χ2n) is 8.64. The van der Waals surface area contributed by atoms with E-state index in [0.29, 0.717) is 6.54 Å². The summed E-state index contributed by atoms with van der Waals surface area (Å²) in [6, 6.07) is 18.2. The average Bonchev–Trinajstić information content (AvgIpc) is 3.66. The van der Waals surface area contributed by atoms with E-state index in [-0.39, 0.29) is 24.7 Å². The van der Waals surface area contributed by atoms with Crippen molar-refractivity contribution in [2.75, 3.05) is 13.7 Å². The maximum Gasteiger partial charge on any atom is 0.325 e. The Kier molecular flexibility index (Phi) is 7.31. The van der Waals surface area contributed by atoms with Crippen molar-refractivity contribution < 1.29 is 24.2 Å². The lowest BCUT2D eigenvalue weighted by molar-refractivity contribution is -0.143. The number of nitrogens with zero attached hydrogens (tertiary/aromatic N) is 1. The van der Waals surface area contributed by atoms with Crippen molar-refractivity contribution >= 4 is 28.6 Å². The number of hydrogen-bond donors (Lipinski definition) is 3. The van der Waals surface area contributed by atoms with Crippen LogP contribution in [-0.2, 0) is 32.1 Å². The zero-order valence-electron chi connectivity index (χ0n) is 19.7. The molecule has 182 valence electrons. The van der Waals surface area contributed by atoms with Gasteiger partial charge in [0, 0.05) is 20.0 Å². The first-order valence-corrected chi connectivity index (χ1v) is 11.6. The van der Waals surface area contributed by atoms with Gasteiger partial charge >= 0.3 is 5.97 Å². The quantitative estimate of drug-likeness (QED) is 0.322. The van der Waals surface area contributed by atoms with Gasteiger partial charge in [0.15, 0.2) is 0 Å². The second kappa shape index (κ2) is 10.6. The van der Waals surface area contributed by atoms with Gasteiger partial charge in [0.25, 0.3) is 0 Å². The van der Waals surface area contributed by atoms with E-state index in [9.17, 15) is 19.5 Å². The molecule has 1 aliphatic rings. The Bertz CT molecular complexity index is 1220. The number of esters is 1. The normalized spacial score (nSPS) is 17.4. The number of aromatic hydroxyl groups is 1. The Hall–Kier alpha value is -3.91. The summed E-state index contributed by atoms with van der Waals surface area (Å²) in [7, 11) is 1.71. The molecule has 0 aromatic heterocycles. The van der Waals surface area contributed by atoms with Crippen LogP contribution in [0.25, 0.3) is 10.8 Å². The molecule has 35 heavy (non-hydrogen) atoms. The molecule has 0 aliphatic carbocycles.